The van der Waals surface area contributed by atoms with Crippen LogP contribution in [0, 0.1) is 17.6 Å². The van der Waals surface area contributed by atoms with Gasteiger partial charge in [-0.15, -0.1) is 6.42 Å². The second-order valence-corrected chi connectivity index (χ2v) is 8.32. The van der Waals surface area contributed by atoms with Crippen LogP contribution in [0.2, 0.25) is 5.15 Å². The zero-order valence-corrected chi connectivity index (χ0v) is 16.5. The highest BCUT2D eigenvalue weighted by Crippen LogP contribution is 2.37. The van der Waals surface area contributed by atoms with E-state index in [9.17, 15) is 27.4 Å². The highest BCUT2D eigenvalue weighted by Gasteiger charge is 2.31. The Morgan fingerprint density at radius 3 is 2.82 bits per heavy atom. The maximum atomic E-state index is 12.4. The molecule has 1 atom stereocenters. The van der Waals surface area contributed by atoms with Crippen molar-refractivity contribution in [2.45, 2.75) is 12.6 Å². The van der Waals surface area contributed by atoms with Crippen molar-refractivity contribution in [2.75, 3.05) is 23.0 Å². The summed E-state index contributed by atoms with van der Waals surface area (Å²) in [6, 6.07) is 3.14. The van der Waals surface area contributed by atoms with E-state index >= 15 is 0 Å². The van der Waals surface area contributed by atoms with Crippen molar-refractivity contribution in [1.29, 1.82) is 0 Å². The van der Waals surface area contributed by atoms with Gasteiger partial charge in [0.05, 0.1) is 12.1 Å². The topological polar surface area (TPSA) is 77.2 Å². The van der Waals surface area contributed by atoms with E-state index < -0.39 is 40.8 Å². The lowest BCUT2D eigenvalue weighted by Gasteiger charge is -2.18. The van der Waals surface area contributed by atoms with Gasteiger partial charge >= 0.3 is 6.18 Å². The minimum Gasteiger partial charge on any atom is -0.619 e. The molecule has 28 heavy (non-hydrogen) atoms. The summed E-state index contributed by atoms with van der Waals surface area (Å²) in [7, 11) is -2.23. The molecular weight excluding hydrogens is 439 g/mol. The van der Waals surface area contributed by atoms with Gasteiger partial charge in [-0.1, -0.05) is 28.9 Å². The quantitative estimate of drug-likeness (QED) is 0.368. The molecule has 0 saturated heterocycles. The Labute approximate surface area is 170 Å². The molecule has 0 aliphatic carbocycles. The molecule has 1 unspecified atom stereocenters. The lowest BCUT2D eigenvalue weighted by molar-refractivity contribution is -0.604. The maximum Gasteiger partial charge on any atom is 0.400 e. The van der Waals surface area contributed by atoms with Gasteiger partial charge in [0.1, 0.15) is 15.8 Å². The first kappa shape index (κ1) is 22.1. The smallest absolute Gasteiger partial charge is 0.400 e. The Hall–Kier alpha value is -2.16. The van der Waals surface area contributed by atoms with E-state index in [4.69, 9.17) is 18.0 Å². The Kier molecular flexibility index (Phi) is 7.40. The Bertz CT molecular complexity index is 928. The number of alkyl halides is 3. The predicted molar refractivity (Wildman–Crippen MR) is 101 cm³/mol. The largest absolute Gasteiger partial charge is 0.619 e. The monoisotopic (exact) mass is 451 g/mol. The van der Waals surface area contributed by atoms with E-state index in [0.717, 1.165) is 16.2 Å². The minimum atomic E-state index is -4.57. The van der Waals surface area contributed by atoms with E-state index in [0.29, 0.717) is 15.3 Å². The number of rotatable bonds is 7. The number of hydrogen-bond donors (Lipinski definition) is 0. The van der Waals surface area contributed by atoms with Crippen LogP contribution in [-0.4, -0.2) is 39.3 Å². The Morgan fingerprint density at radius 1 is 1.50 bits per heavy atom. The molecular formula is C16H13ClF3N3O3S2. The summed E-state index contributed by atoms with van der Waals surface area (Å²) in [5.74, 6) is -0.296. The number of pyridine rings is 1. The lowest BCUT2D eigenvalue weighted by Crippen LogP contribution is -2.32. The SMILES string of the molecule is C#CCN(C(=O)CCS(=O)CC(F)(F)F)c1sc(-c2ccc[n+]([O-])c2)nc1Cl. The van der Waals surface area contributed by atoms with E-state index in [-0.39, 0.29) is 16.7 Å². The van der Waals surface area contributed by atoms with E-state index in [2.05, 4.69) is 10.9 Å². The number of terminal acetylenes is 1. The van der Waals surface area contributed by atoms with Gasteiger partial charge < -0.3 is 5.21 Å². The van der Waals surface area contributed by atoms with Crippen molar-refractivity contribution >= 4 is 44.6 Å². The number of amides is 1. The number of carbonyl (C=O) groups is 1. The number of thiazole rings is 1. The molecule has 1 amide bonds. The van der Waals surface area contributed by atoms with Crippen LogP contribution in [0.1, 0.15) is 6.42 Å². The molecule has 2 aromatic rings. The molecule has 0 aliphatic heterocycles. The number of nitrogens with zero attached hydrogens (tertiary/aromatic N) is 3. The van der Waals surface area contributed by atoms with Crippen molar-refractivity contribution in [1.82, 2.24) is 4.98 Å². The summed E-state index contributed by atoms with van der Waals surface area (Å²) < 4.78 is 48.8. The fraction of sp³-hybridized carbons (Fsp3) is 0.312. The van der Waals surface area contributed by atoms with Gasteiger partial charge in [0.2, 0.25) is 5.91 Å². The average Bonchev–Trinajstić information content (AvgIpc) is 2.97. The van der Waals surface area contributed by atoms with Crippen LogP contribution in [0.25, 0.3) is 10.6 Å². The number of carbonyl (C=O) groups excluding carboxylic acids is 1. The third-order valence-electron chi connectivity index (χ3n) is 3.26. The molecule has 0 aliphatic rings. The molecule has 150 valence electrons. The van der Waals surface area contributed by atoms with Gasteiger partial charge in [0.15, 0.2) is 17.5 Å². The van der Waals surface area contributed by atoms with Crippen LogP contribution >= 0.6 is 22.9 Å². The molecule has 0 radical (unpaired) electrons. The van der Waals surface area contributed by atoms with Crippen molar-refractivity contribution in [3.8, 4) is 22.9 Å². The first-order chi connectivity index (χ1) is 13.1. The van der Waals surface area contributed by atoms with Gasteiger partial charge in [0, 0.05) is 29.0 Å². The van der Waals surface area contributed by atoms with Crippen LogP contribution in [0.15, 0.2) is 24.5 Å². The Morgan fingerprint density at radius 2 is 2.21 bits per heavy atom. The molecule has 6 nitrogen and oxygen atoms in total. The molecule has 0 spiro atoms. The zero-order chi connectivity index (χ0) is 20.9. The van der Waals surface area contributed by atoms with Crippen LogP contribution in [-0.2, 0) is 15.6 Å². The third kappa shape index (κ3) is 6.19. The lowest BCUT2D eigenvalue weighted by atomic mass is 10.3. The fourth-order valence-electron chi connectivity index (χ4n) is 2.12. The molecule has 12 heteroatoms. The van der Waals surface area contributed by atoms with Gasteiger partial charge in [-0.3, -0.25) is 13.9 Å². The summed E-state index contributed by atoms with van der Waals surface area (Å²) >= 11 is 7.10. The van der Waals surface area contributed by atoms with Gasteiger partial charge in [-0.2, -0.15) is 17.9 Å². The maximum absolute atomic E-state index is 12.4. The summed E-state index contributed by atoms with van der Waals surface area (Å²) in [4.78, 5) is 17.6. The number of hydrogen-bond acceptors (Lipinski definition) is 5. The predicted octanol–water partition coefficient (Wildman–Crippen LogP) is 2.76. The van der Waals surface area contributed by atoms with Crippen LogP contribution in [0.3, 0.4) is 0 Å². The van der Waals surface area contributed by atoms with Gasteiger partial charge in [0.25, 0.3) is 0 Å². The molecule has 0 saturated carbocycles. The highest BCUT2D eigenvalue weighted by molar-refractivity contribution is 7.85. The fourth-order valence-corrected chi connectivity index (χ4v) is 4.35. The number of anilines is 1. The number of aromatic nitrogens is 2. The standard InChI is InChI=1S/C16H13ClF3N3O3S2/c1-2-6-23(12(24)5-8-28(26)10-16(18,19)20)15-13(17)21-14(27-15)11-4-3-7-22(25)9-11/h1,3-4,7,9H,5-6,8,10H2. The summed E-state index contributed by atoms with van der Waals surface area (Å²) in [6.45, 7) is -0.192. The highest BCUT2D eigenvalue weighted by atomic mass is 35.5. The van der Waals surface area contributed by atoms with E-state index in [1.165, 1.54) is 18.5 Å². The van der Waals surface area contributed by atoms with Gasteiger partial charge in [-0.25, -0.2) is 4.98 Å². The van der Waals surface area contributed by atoms with E-state index in [1.807, 2.05) is 0 Å². The zero-order valence-electron chi connectivity index (χ0n) is 14.1. The van der Waals surface area contributed by atoms with Crippen molar-refractivity contribution in [3.63, 3.8) is 0 Å². The van der Waals surface area contributed by atoms with Crippen LogP contribution in [0.5, 0.6) is 0 Å². The molecule has 0 aromatic carbocycles. The van der Waals surface area contributed by atoms with Gasteiger partial charge in [-0.05, 0) is 6.07 Å². The molecule has 2 heterocycles. The van der Waals surface area contributed by atoms with Crippen molar-refractivity contribution in [2.24, 2.45) is 0 Å². The molecule has 0 fully saturated rings. The second kappa shape index (κ2) is 9.36. The van der Waals surface area contributed by atoms with Crippen LogP contribution in [0.4, 0.5) is 18.2 Å². The molecule has 2 rings (SSSR count). The summed E-state index contributed by atoms with van der Waals surface area (Å²) in [6.07, 6.45) is 2.86. The minimum absolute atomic E-state index is 0.0404. The van der Waals surface area contributed by atoms with Crippen molar-refractivity contribution in [3.05, 3.63) is 34.9 Å². The number of halogens is 4. The third-order valence-corrected chi connectivity index (χ3v) is 6.07. The molecule has 0 N–H and O–H groups in total. The first-order valence-corrected chi connectivity index (χ1v) is 10.3. The second-order valence-electron chi connectivity index (χ2n) is 5.40. The molecule has 2 aromatic heterocycles. The van der Waals surface area contributed by atoms with Crippen molar-refractivity contribution < 1.29 is 26.9 Å². The van der Waals surface area contributed by atoms with E-state index in [1.54, 1.807) is 6.07 Å². The normalized spacial score (nSPS) is 12.4. The summed E-state index contributed by atoms with van der Waals surface area (Å²) in [5.41, 5.74) is 0.468. The average molecular weight is 452 g/mol. The van der Waals surface area contributed by atoms with Crippen LogP contribution < -0.4 is 9.63 Å². The summed E-state index contributed by atoms with van der Waals surface area (Å²) in [5, 5.41) is 11.9. The Balaban J connectivity index is 2.18. The molecule has 0 bridgehead atoms. The first-order valence-electron chi connectivity index (χ1n) is 7.62.